The van der Waals surface area contributed by atoms with Crippen LogP contribution in [0.5, 0.6) is 0 Å². The van der Waals surface area contributed by atoms with Crippen molar-refractivity contribution in [1.82, 2.24) is 4.90 Å². The zero-order valence-corrected chi connectivity index (χ0v) is 8.87. The van der Waals surface area contributed by atoms with Crippen molar-refractivity contribution in [2.75, 3.05) is 26.3 Å². The normalized spacial score (nSPS) is 22.4. The first kappa shape index (κ1) is 11.5. The molecule has 4 heteroatoms. The SMILES string of the molecule is CCCOCC(=O)N1CCCC(N)C1. The van der Waals surface area contributed by atoms with Crippen LogP contribution < -0.4 is 5.73 Å². The molecule has 2 N–H and O–H groups in total. The number of nitrogens with zero attached hydrogens (tertiary/aromatic N) is 1. The Hall–Kier alpha value is -0.610. The standard InChI is InChI=1S/C10H20N2O2/c1-2-6-14-8-10(13)12-5-3-4-9(11)7-12/h9H,2-8,11H2,1H3. The number of hydrogen-bond acceptors (Lipinski definition) is 3. The van der Waals surface area contributed by atoms with Gasteiger partial charge < -0.3 is 15.4 Å². The van der Waals surface area contributed by atoms with Gasteiger partial charge in [0, 0.05) is 25.7 Å². The third-order valence-corrected chi connectivity index (χ3v) is 2.38. The van der Waals surface area contributed by atoms with Crippen molar-refractivity contribution in [1.29, 1.82) is 0 Å². The number of rotatable bonds is 4. The van der Waals surface area contributed by atoms with Gasteiger partial charge in [-0.25, -0.2) is 0 Å². The minimum Gasteiger partial charge on any atom is -0.372 e. The van der Waals surface area contributed by atoms with E-state index >= 15 is 0 Å². The summed E-state index contributed by atoms with van der Waals surface area (Å²) in [6.45, 7) is 4.42. The summed E-state index contributed by atoms with van der Waals surface area (Å²) in [4.78, 5) is 13.4. The van der Waals surface area contributed by atoms with Crippen molar-refractivity contribution in [3.05, 3.63) is 0 Å². The summed E-state index contributed by atoms with van der Waals surface area (Å²) in [7, 11) is 0. The molecule has 1 aliphatic heterocycles. The van der Waals surface area contributed by atoms with Crippen LogP contribution in [0, 0.1) is 0 Å². The molecule has 1 atom stereocenters. The predicted octanol–water partition coefficient (Wildman–Crippen LogP) is 0.363. The summed E-state index contributed by atoms with van der Waals surface area (Å²) in [6, 6.07) is 0.152. The molecule has 1 heterocycles. The number of ether oxygens (including phenoxy) is 1. The molecule has 14 heavy (non-hydrogen) atoms. The van der Waals surface area contributed by atoms with E-state index in [0.29, 0.717) is 13.2 Å². The van der Waals surface area contributed by atoms with E-state index in [1.54, 1.807) is 0 Å². The molecule has 0 bridgehead atoms. The van der Waals surface area contributed by atoms with Crippen LogP contribution in [0.15, 0.2) is 0 Å². The van der Waals surface area contributed by atoms with Crippen LogP contribution in [0.1, 0.15) is 26.2 Å². The van der Waals surface area contributed by atoms with Crippen LogP contribution in [0.4, 0.5) is 0 Å². The number of likely N-dealkylation sites (tertiary alicyclic amines) is 1. The fraction of sp³-hybridized carbons (Fsp3) is 0.900. The maximum absolute atomic E-state index is 11.6. The maximum Gasteiger partial charge on any atom is 0.248 e. The van der Waals surface area contributed by atoms with E-state index in [2.05, 4.69) is 0 Å². The molecule has 0 radical (unpaired) electrons. The molecule has 1 aliphatic rings. The Morgan fingerprint density at radius 2 is 2.43 bits per heavy atom. The van der Waals surface area contributed by atoms with E-state index in [1.165, 1.54) is 0 Å². The number of amides is 1. The molecular formula is C10H20N2O2. The molecule has 0 aromatic carbocycles. The first-order valence-electron chi connectivity index (χ1n) is 5.35. The van der Waals surface area contributed by atoms with Gasteiger partial charge in [-0.2, -0.15) is 0 Å². The summed E-state index contributed by atoms with van der Waals surface area (Å²) in [5.74, 6) is 0.0774. The molecule has 0 aromatic rings. The average molecular weight is 200 g/mol. The van der Waals surface area contributed by atoms with E-state index < -0.39 is 0 Å². The second-order valence-electron chi connectivity index (χ2n) is 3.79. The molecule has 1 unspecified atom stereocenters. The molecule has 1 rings (SSSR count). The number of nitrogens with two attached hydrogens (primary N) is 1. The van der Waals surface area contributed by atoms with Crippen molar-refractivity contribution in [2.24, 2.45) is 5.73 Å². The van der Waals surface area contributed by atoms with E-state index in [4.69, 9.17) is 10.5 Å². The van der Waals surface area contributed by atoms with E-state index in [9.17, 15) is 4.79 Å². The molecule has 0 aromatic heterocycles. The van der Waals surface area contributed by atoms with Crippen molar-refractivity contribution in [3.8, 4) is 0 Å². The Balaban J connectivity index is 2.22. The highest BCUT2D eigenvalue weighted by molar-refractivity contribution is 5.77. The number of carbonyl (C=O) groups excluding carboxylic acids is 1. The summed E-state index contributed by atoms with van der Waals surface area (Å²) >= 11 is 0. The smallest absolute Gasteiger partial charge is 0.248 e. The quantitative estimate of drug-likeness (QED) is 0.667. The third-order valence-electron chi connectivity index (χ3n) is 2.38. The van der Waals surface area contributed by atoms with E-state index in [0.717, 1.165) is 25.8 Å². The minimum absolute atomic E-state index is 0.0774. The lowest BCUT2D eigenvalue weighted by Gasteiger charge is -2.30. The van der Waals surface area contributed by atoms with Crippen molar-refractivity contribution < 1.29 is 9.53 Å². The van der Waals surface area contributed by atoms with Gasteiger partial charge in [-0.1, -0.05) is 6.92 Å². The van der Waals surface area contributed by atoms with Gasteiger partial charge in [-0.15, -0.1) is 0 Å². The lowest BCUT2D eigenvalue weighted by atomic mass is 10.1. The predicted molar refractivity (Wildman–Crippen MR) is 54.9 cm³/mol. The van der Waals surface area contributed by atoms with Crippen LogP contribution >= 0.6 is 0 Å². The summed E-state index contributed by atoms with van der Waals surface area (Å²) in [5, 5.41) is 0. The van der Waals surface area contributed by atoms with E-state index in [1.807, 2.05) is 11.8 Å². The lowest BCUT2D eigenvalue weighted by molar-refractivity contribution is -0.137. The molecule has 4 nitrogen and oxygen atoms in total. The van der Waals surface area contributed by atoms with E-state index in [-0.39, 0.29) is 18.6 Å². The topological polar surface area (TPSA) is 55.6 Å². The largest absolute Gasteiger partial charge is 0.372 e. The number of carbonyl (C=O) groups is 1. The fourth-order valence-corrected chi connectivity index (χ4v) is 1.63. The molecule has 0 spiro atoms. The Morgan fingerprint density at radius 1 is 1.64 bits per heavy atom. The highest BCUT2D eigenvalue weighted by atomic mass is 16.5. The Kier molecular flexibility index (Phi) is 4.90. The lowest BCUT2D eigenvalue weighted by Crippen LogP contribution is -2.46. The molecule has 0 aliphatic carbocycles. The van der Waals surface area contributed by atoms with Crippen molar-refractivity contribution in [2.45, 2.75) is 32.2 Å². The van der Waals surface area contributed by atoms with Gasteiger partial charge >= 0.3 is 0 Å². The molecule has 82 valence electrons. The van der Waals surface area contributed by atoms with Gasteiger partial charge in [0.1, 0.15) is 6.61 Å². The zero-order chi connectivity index (χ0) is 10.4. The van der Waals surface area contributed by atoms with Crippen LogP contribution in [-0.2, 0) is 9.53 Å². The van der Waals surface area contributed by atoms with Crippen LogP contribution in [-0.4, -0.2) is 43.2 Å². The second-order valence-corrected chi connectivity index (χ2v) is 3.79. The average Bonchev–Trinajstić information content (AvgIpc) is 2.18. The highest BCUT2D eigenvalue weighted by Gasteiger charge is 2.20. The van der Waals surface area contributed by atoms with Gasteiger partial charge in [-0.3, -0.25) is 4.79 Å². The molecular weight excluding hydrogens is 180 g/mol. The minimum atomic E-state index is 0.0774. The van der Waals surface area contributed by atoms with Gasteiger partial charge in [-0.05, 0) is 19.3 Å². The first-order chi connectivity index (χ1) is 6.74. The van der Waals surface area contributed by atoms with Gasteiger partial charge in [0.15, 0.2) is 0 Å². The molecule has 1 fully saturated rings. The zero-order valence-electron chi connectivity index (χ0n) is 8.87. The van der Waals surface area contributed by atoms with Crippen LogP contribution in [0.2, 0.25) is 0 Å². The number of piperidine rings is 1. The Labute approximate surface area is 85.4 Å². The Bertz CT molecular complexity index is 185. The second kappa shape index (κ2) is 5.98. The maximum atomic E-state index is 11.6. The van der Waals surface area contributed by atoms with Crippen molar-refractivity contribution >= 4 is 5.91 Å². The van der Waals surface area contributed by atoms with Gasteiger partial charge in [0.25, 0.3) is 0 Å². The number of hydrogen-bond donors (Lipinski definition) is 1. The van der Waals surface area contributed by atoms with Crippen LogP contribution in [0.25, 0.3) is 0 Å². The molecule has 0 saturated carbocycles. The summed E-state index contributed by atoms with van der Waals surface area (Å²) in [5.41, 5.74) is 5.78. The molecule has 1 amide bonds. The Morgan fingerprint density at radius 3 is 3.07 bits per heavy atom. The summed E-state index contributed by atoms with van der Waals surface area (Å²) < 4.78 is 5.20. The third kappa shape index (κ3) is 3.64. The first-order valence-corrected chi connectivity index (χ1v) is 5.35. The van der Waals surface area contributed by atoms with Crippen molar-refractivity contribution in [3.63, 3.8) is 0 Å². The highest BCUT2D eigenvalue weighted by Crippen LogP contribution is 2.08. The fourth-order valence-electron chi connectivity index (χ4n) is 1.63. The summed E-state index contributed by atoms with van der Waals surface area (Å²) in [6.07, 6.45) is 2.99. The van der Waals surface area contributed by atoms with Gasteiger partial charge in [0.05, 0.1) is 0 Å². The van der Waals surface area contributed by atoms with Crippen LogP contribution in [0.3, 0.4) is 0 Å². The van der Waals surface area contributed by atoms with Gasteiger partial charge in [0.2, 0.25) is 5.91 Å². The monoisotopic (exact) mass is 200 g/mol. The molecule has 1 saturated heterocycles.